The zero-order chi connectivity index (χ0) is 21.2. The highest BCUT2D eigenvalue weighted by atomic mass is 16.5. The number of hydrogen-bond donors (Lipinski definition) is 4. The molecule has 0 radical (unpaired) electrons. The molecule has 3 aromatic rings. The molecule has 4 N–H and O–H groups in total. The van der Waals surface area contributed by atoms with Gasteiger partial charge in [-0.1, -0.05) is 30.8 Å². The molecule has 9 heteroatoms. The highest BCUT2D eigenvalue weighted by Crippen LogP contribution is 2.13. The van der Waals surface area contributed by atoms with Gasteiger partial charge in [0.15, 0.2) is 0 Å². The average molecular weight is 406 g/mol. The number of hydrogen-bond acceptors (Lipinski definition) is 9. The van der Waals surface area contributed by atoms with E-state index in [1.54, 1.807) is 37.8 Å². The van der Waals surface area contributed by atoms with E-state index in [0.717, 1.165) is 16.8 Å². The van der Waals surface area contributed by atoms with E-state index in [4.69, 9.17) is 4.74 Å². The molecule has 2 aromatic heterocycles. The molecule has 156 valence electrons. The summed E-state index contributed by atoms with van der Waals surface area (Å²) in [5.41, 5.74) is 8.92. The number of methoxy groups -OCH3 is 1. The lowest BCUT2D eigenvalue weighted by Gasteiger charge is -2.15. The predicted molar refractivity (Wildman–Crippen MR) is 119 cm³/mol. The van der Waals surface area contributed by atoms with Gasteiger partial charge in [0.1, 0.15) is 5.82 Å². The number of hydrazine groups is 1. The zero-order valence-electron chi connectivity index (χ0n) is 17.1. The van der Waals surface area contributed by atoms with Crippen LogP contribution in [-0.2, 0) is 11.3 Å². The molecule has 0 saturated heterocycles. The van der Waals surface area contributed by atoms with Crippen LogP contribution >= 0.6 is 0 Å². The topological polar surface area (TPSA) is 109 Å². The predicted octanol–water partition coefficient (Wildman–Crippen LogP) is 2.91. The number of rotatable bonds is 11. The number of nitrogens with zero attached hydrogens (tertiary/aromatic N) is 4. The molecule has 0 fully saturated rings. The molecule has 2 heterocycles. The first-order valence-corrected chi connectivity index (χ1v) is 9.53. The van der Waals surface area contributed by atoms with Crippen LogP contribution in [0.15, 0.2) is 61.6 Å². The zero-order valence-corrected chi connectivity index (χ0v) is 17.1. The van der Waals surface area contributed by atoms with Crippen molar-refractivity contribution in [2.45, 2.75) is 19.5 Å². The van der Waals surface area contributed by atoms with E-state index in [-0.39, 0.29) is 6.04 Å². The summed E-state index contributed by atoms with van der Waals surface area (Å²) >= 11 is 0. The summed E-state index contributed by atoms with van der Waals surface area (Å²) in [4.78, 5) is 16.9. The maximum atomic E-state index is 5.11. The summed E-state index contributed by atoms with van der Waals surface area (Å²) in [6.45, 7) is 7.28. The minimum atomic E-state index is 0.106. The van der Waals surface area contributed by atoms with Gasteiger partial charge in [0.25, 0.3) is 0 Å². The van der Waals surface area contributed by atoms with Crippen LogP contribution in [0.1, 0.15) is 18.1 Å². The normalized spacial score (nSPS) is 11.4. The Kier molecular flexibility index (Phi) is 7.51. The molecule has 0 aliphatic rings. The Morgan fingerprint density at radius 1 is 1.03 bits per heavy atom. The van der Waals surface area contributed by atoms with Crippen LogP contribution in [0.25, 0.3) is 5.70 Å². The van der Waals surface area contributed by atoms with Crippen molar-refractivity contribution >= 4 is 23.4 Å². The van der Waals surface area contributed by atoms with Crippen molar-refractivity contribution in [1.29, 1.82) is 0 Å². The number of nitrogens with one attached hydrogen (secondary N) is 4. The van der Waals surface area contributed by atoms with Crippen molar-refractivity contribution in [1.82, 2.24) is 25.4 Å². The second-order valence-corrected chi connectivity index (χ2v) is 6.62. The fraction of sp³-hybridized carbons (Fsp3) is 0.238. The molecule has 1 aromatic carbocycles. The minimum Gasteiger partial charge on any atom is -0.383 e. The molecule has 0 aliphatic carbocycles. The van der Waals surface area contributed by atoms with E-state index in [1.165, 1.54) is 0 Å². The summed E-state index contributed by atoms with van der Waals surface area (Å²) in [5, 5.41) is 6.36. The van der Waals surface area contributed by atoms with Gasteiger partial charge < -0.3 is 15.4 Å². The van der Waals surface area contributed by atoms with Gasteiger partial charge in [0.2, 0.25) is 11.9 Å². The highest BCUT2D eigenvalue weighted by molar-refractivity contribution is 5.63. The van der Waals surface area contributed by atoms with E-state index in [1.807, 2.05) is 31.2 Å². The molecule has 0 amide bonds. The van der Waals surface area contributed by atoms with Crippen LogP contribution in [-0.4, -0.2) is 39.7 Å². The van der Waals surface area contributed by atoms with Gasteiger partial charge in [-0.05, 0) is 24.1 Å². The van der Waals surface area contributed by atoms with Crippen LogP contribution in [0.2, 0.25) is 0 Å². The van der Waals surface area contributed by atoms with E-state index in [0.29, 0.717) is 30.9 Å². The fourth-order valence-electron chi connectivity index (χ4n) is 2.62. The highest BCUT2D eigenvalue weighted by Gasteiger charge is 2.05. The largest absolute Gasteiger partial charge is 0.383 e. The number of ether oxygens (including phenoxy) is 1. The second-order valence-electron chi connectivity index (χ2n) is 6.62. The molecular formula is C21H26N8O. The Hall–Kier alpha value is -3.72. The smallest absolute Gasteiger partial charge is 0.224 e. The molecular weight excluding hydrogens is 380 g/mol. The third kappa shape index (κ3) is 6.42. The molecule has 0 aliphatic heterocycles. The molecule has 9 nitrogen and oxygen atoms in total. The number of benzene rings is 1. The van der Waals surface area contributed by atoms with Crippen LogP contribution in [0.5, 0.6) is 0 Å². The van der Waals surface area contributed by atoms with Gasteiger partial charge in [-0.25, -0.2) is 15.0 Å². The third-order valence-electron chi connectivity index (χ3n) is 4.11. The van der Waals surface area contributed by atoms with Gasteiger partial charge in [-0.15, -0.1) is 0 Å². The van der Waals surface area contributed by atoms with Gasteiger partial charge in [0, 0.05) is 44.4 Å². The van der Waals surface area contributed by atoms with Crippen molar-refractivity contribution in [2.24, 2.45) is 0 Å². The van der Waals surface area contributed by atoms with Crippen molar-refractivity contribution < 1.29 is 4.74 Å². The Morgan fingerprint density at radius 2 is 1.77 bits per heavy atom. The Labute approximate surface area is 176 Å². The number of aromatic nitrogens is 4. The van der Waals surface area contributed by atoms with E-state index in [9.17, 15) is 0 Å². The monoisotopic (exact) mass is 406 g/mol. The van der Waals surface area contributed by atoms with Gasteiger partial charge >= 0.3 is 0 Å². The maximum absolute atomic E-state index is 5.11. The summed E-state index contributed by atoms with van der Waals surface area (Å²) < 4.78 is 5.11. The quantitative estimate of drug-likeness (QED) is 0.357. The van der Waals surface area contributed by atoms with E-state index < -0.39 is 0 Å². The molecule has 30 heavy (non-hydrogen) atoms. The maximum Gasteiger partial charge on any atom is 0.224 e. The summed E-state index contributed by atoms with van der Waals surface area (Å²) in [5.74, 6) is 1.75. The first-order valence-electron chi connectivity index (χ1n) is 9.53. The van der Waals surface area contributed by atoms with Crippen LogP contribution in [0, 0.1) is 0 Å². The Bertz CT molecular complexity index is 933. The first-order chi connectivity index (χ1) is 14.6. The van der Waals surface area contributed by atoms with Crippen LogP contribution in [0.3, 0.4) is 0 Å². The first kappa shape index (κ1) is 21.0. The molecule has 0 spiro atoms. The SMILES string of the molecule is C=C(NNc1ccnc(NC(C)COC)n1)c1ccc(CNc2ncccn2)cc1. The van der Waals surface area contributed by atoms with Gasteiger partial charge in [0.05, 0.1) is 12.3 Å². The Morgan fingerprint density at radius 3 is 2.50 bits per heavy atom. The summed E-state index contributed by atoms with van der Waals surface area (Å²) in [7, 11) is 1.66. The molecule has 0 saturated carbocycles. The third-order valence-corrected chi connectivity index (χ3v) is 4.11. The summed E-state index contributed by atoms with van der Waals surface area (Å²) in [6, 6.07) is 11.7. The lowest BCUT2D eigenvalue weighted by Crippen LogP contribution is -2.24. The van der Waals surface area contributed by atoms with Crippen molar-refractivity contribution in [3.8, 4) is 0 Å². The average Bonchev–Trinajstić information content (AvgIpc) is 2.77. The molecule has 3 rings (SSSR count). The van der Waals surface area contributed by atoms with Crippen LogP contribution in [0.4, 0.5) is 17.7 Å². The molecule has 1 unspecified atom stereocenters. The van der Waals surface area contributed by atoms with Crippen LogP contribution < -0.4 is 21.5 Å². The summed E-state index contributed by atoms with van der Waals surface area (Å²) in [6.07, 6.45) is 5.09. The lowest BCUT2D eigenvalue weighted by molar-refractivity contribution is 0.190. The van der Waals surface area contributed by atoms with E-state index in [2.05, 4.69) is 48.0 Å². The number of anilines is 3. The van der Waals surface area contributed by atoms with Crippen molar-refractivity contribution in [2.75, 3.05) is 29.8 Å². The molecule has 1 atom stereocenters. The lowest BCUT2D eigenvalue weighted by atomic mass is 10.1. The second kappa shape index (κ2) is 10.7. The van der Waals surface area contributed by atoms with Crippen molar-refractivity contribution in [3.05, 3.63) is 72.7 Å². The molecule has 0 bridgehead atoms. The Balaban J connectivity index is 1.50. The van der Waals surface area contributed by atoms with Gasteiger partial charge in [-0.2, -0.15) is 4.98 Å². The standard InChI is InChI=1S/C21H26N8O/c1-15(14-30-3)26-21-24-12-9-19(27-21)29-28-16(2)18-7-5-17(6-8-18)13-25-20-22-10-4-11-23-20/h4-12,15,28H,2,13-14H2,1,3H3,(H,22,23,25)(H2,24,26,27,29). The van der Waals surface area contributed by atoms with Crippen molar-refractivity contribution in [3.63, 3.8) is 0 Å². The van der Waals surface area contributed by atoms with Gasteiger partial charge in [-0.3, -0.25) is 10.9 Å². The minimum absolute atomic E-state index is 0.106. The van der Waals surface area contributed by atoms with E-state index >= 15 is 0 Å². The fourth-order valence-corrected chi connectivity index (χ4v) is 2.62.